The van der Waals surface area contributed by atoms with E-state index < -0.39 is 0 Å². The third kappa shape index (κ3) is 1.44. The lowest BCUT2D eigenvalue weighted by atomic mass is 10.1. The van der Waals surface area contributed by atoms with Crippen LogP contribution in [0.15, 0.2) is 23.2 Å². The zero-order valence-corrected chi connectivity index (χ0v) is 8.12. The van der Waals surface area contributed by atoms with Crippen LogP contribution in [0.5, 0.6) is 0 Å². The van der Waals surface area contributed by atoms with Gasteiger partial charge < -0.3 is 16.8 Å². The number of benzene rings is 1. The predicted octanol–water partition coefficient (Wildman–Crippen LogP) is 1.46. The summed E-state index contributed by atoms with van der Waals surface area (Å²) < 4.78 is 0. The van der Waals surface area contributed by atoms with E-state index in [0.29, 0.717) is 0 Å². The van der Waals surface area contributed by atoms with Gasteiger partial charge in [0.2, 0.25) is 0 Å². The van der Waals surface area contributed by atoms with Crippen molar-refractivity contribution >= 4 is 17.2 Å². The van der Waals surface area contributed by atoms with Gasteiger partial charge in [-0.1, -0.05) is 6.92 Å². The van der Waals surface area contributed by atoms with Crippen molar-refractivity contribution in [1.29, 1.82) is 0 Å². The van der Waals surface area contributed by atoms with E-state index in [4.69, 9.17) is 11.5 Å². The van der Waals surface area contributed by atoms with E-state index in [1.54, 1.807) is 0 Å². The molecule has 4 heteroatoms. The standard InChI is InChI=1S/C10H14N4/c1-2-9-13-8-4-3-6(11)5-7(8)10(12)14-9/h3-5,10H,2,11-12H2,1H3,(H,13,14). The van der Waals surface area contributed by atoms with Gasteiger partial charge in [0.25, 0.3) is 0 Å². The fourth-order valence-electron chi connectivity index (χ4n) is 1.54. The van der Waals surface area contributed by atoms with E-state index in [0.717, 1.165) is 29.2 Å². The average molecular weight is 190 g/mol. The molecule has 4 nitrogen and oxygen atoms in total. The Labute approximate surface area is 83.0 Å². The van der Waals surface area contributed by atoms with E-state index in [1.165, 1.54) is 0 Å². The van der Waals surface area contributed by atoms with Crippen molar-refractivity contribution in [2.75, 3.05) is 11.1 Å². The molecule has 5 N–H and O–H groups in total. The number of aliphatic imine (C=N–C) groups is 1. The zero-order chi connectivity index (χ0) is 10.1. The molecule has 0 aromatic heterocycles. The van der Waals surface area contributed by atoms with Crippen molar-refractivity contribution in [3.05, 3.63) is 23.8 Å². The van der Waals surface area contributed by atoms with Gasteiger partial charge in [0.1, 0.15) is 12.0 Å². The Morgan fingerprint density at radius 2 is 2.29 bits per heavy atom. The molecule has 0 aliphatic carbocycles. The molecular formula is C10H14N4. The minimum absolute atomic E-state index is 0.287. The molecular weight excluding hydrogens is 176 g/mol. The molecule has 14 heavy (non-hydrogen) atoms. The number of hydrogen-bond acceptors (Lipinski definition) is 4. The normalized spacial score (nSPS) is 19.6. The summed E-state index contributed by atoms with van der Waals surface area (Å²) in [6, 6.07) is 5.66. The average Bonchev–Trinajstić information content (AvgIpc) is 2.19. The Morgan fingerprint density at radius 1 is 1.50 bits per heavy atom. The molecule has 0 saturated heterocycles. The molecule has 2 rings (SSSR count). The first-order valence-corrected chi connectivity index (χ1v) is 4.69. The van der Waals surface area contributed by atoms with Gasteiger partial charge >= 0.3 is 0 Å². The van der Waals surface area contributed by atoms with Gasteiger partial charge in [0.05, 0.1) is 0 Å². The maximum atomic E-state index is 5.90. The van der Waals surface area contributed by atoms with Crippen molar-refractivity contribution < 1.29 is 0 Å². The molecule has 0 amide bonds. The lowest BCUT2D eigenvalue weighted by molar-refractivity contribution is 0.765. The van der Waals surface area contributed by atoms with E-state index >= 15 is 0 Å². The Hall–Kier alpha value is -1.55. The molecule has 0 bridgehead atoms. The van der Waals surface area contributed by atoms with E-state index in [1.807, 2.05) is 25.1 Å². The first-order chi connectivity index (χ1) is 6.70. The van der Waals surface area contributed by atoms with Gasteiger partial charge in [0.15, 0.2) is 0 Å². The molecule has 1 aromatic rings. The topological polar surface area (TPSA) is 76.4 Å². The lowest BCUT2D eigenvalue weighted by Crippen LogP contribution is -2.23. The number of hydrogen-bond donors (Lipinski definition) is 3. The number of fused-ring (bicyclic) bond motifs is 1. The number of nitrogens with one attached hydrogen (secondary N) is 1. The number of anilines is 2. The lowest BCUT2D eigenvalue weighted by Gasteiger charge is -2.22. The van der Waals surface area contributed by atoms with Crippen LogP contribution in [0.2, 0.25) is 0 Å². The molecule has 1 heterocycles. The Kier molecular flexibility index (Phi) is 2.13. The van der Waals surface area contributed by atoms with E-state index in [2.05, 4.69) is 10.3 Å². The van der Waals surface area contributed by atoms with Crippen LogP contribution in [0.25, 0.3) is 0 Å². The number of rotatable bonds is 1. The third-order valence-corrected chi connectivity index (χ3v) is 2.30. The molecule has 0 saturated carbocycles. The highest BCUT2D eigenvalue weighted by Gasteiger charge is 2.16. The van der Waals surface area contributed by atoms with Crippen molar-refractivity contribution in [2.45, 2.75) is 19.5 Å². The smallest absolute Gasteiger partial charge is 0.127 e. The molecule has 1 aliphatic heterocycles. The molecule has 0 fully saturated rings. The van der Waals surface area contributed by atoms with Gasteiger partial charge in [-0.25, -0.2) is 4.99 Å². The van der Waals surface area contributed by atoms with Gasteiger partial charge in [0, 0.05) is 23.4 Å². The molecule has 74 valence electrons. The number of amidine groups is 1. The van der Waals surface area contributed by atoms with Gasteiger partial charge in [-0.05, 0) is 18.2 Å². The fourth-order valence-corrected chi connectivity index (χ4v) is 1.54. The summed E-state index contributed by atoms with van der Waals surface area (Å²) >= 11 is 0. The second kappa shape index (κ2) is 3.31. The SMILES string of the molecule is CCC1=NC(N)c2cc(N)ccc2N1. The summed E-state index contributed by atoms with van der Waals surface area (Å²) in [7, 11) is 0. The summed E-state index contributed by atoms with van der Waals surface area (Å²) in [6.07, 6.45) is 0.571. The summed E-state index contributed by atoms with van der Waals surface area (Å²) in [5.74, 6) is 0.926. The highest BCUT2D eigenvalue weighted by Crippen LogP contribution is 2.28. The summed E-state index contributed by atoms with van der Waals surface area (Å²) in [5, 5.41) is 3.22. The molecule has 1 unspecified atom stereocenters. The monoisotopic (exact) mass is 190 g/mol. The third-order valence-electron chi connectivity index (χ3n) is 2.30. The van der Waals surface area contributed by atoms with Crippen molar-refractivity contribution in [3.63, 3.8) is 0 Å². The number of nitrogen functional groups attached to an aromatic ring is 1. The van der Waals surface area contributed by atoms with Crippen LogP contribution in [0.1, 0.15) is 25.1 Å². The summed E-state index contributed by atoms with van der Waals surface area (Å²) in [6.45, 7) is 2.04. The Balaban J connectivity index is 2.42. The minimum atomic E-state index is -0.287. The van der Waals surface area contributed by atoms with Crippen LogP contribution in [0.3, 0.4) is 0 Å². The zero-order valence-electron chi connectivity index (χ0n) is 8.12. The highest BCUT2D eigenvalue weighted by atomic mass is 15.1. The quantitative estimate of drug-likeness (QED) is 0.587. The van der Waals surface area contributed by atoms with Gasteiger partial charge in [-0.3, -0.25) is 0 Å². The fraction of sp³-hybridized carbons (Fsp3) is 0.300. The van der Waals surface area contributed by atoms with Crippen LogP contribution in [0, 0.1) is 0 Å². The summed E-state index contributed by atoms with van der Waals surface area (Å²) in [4.78, 5) is 4.31. The first kappa shape index (κ1) is 9.02. The van der Waals surface area contributed by atoms with Gasteiger partial charge in [-0.2, -0.15) is 0 Å². The van der Waals surface area contributed by atoms with Crippen LogP contribution in [0.4, 0.5) is 11.4 Å². The largest absolute Gasteiger partial charge is 0.399 e. The molecule has 1 atom stereocenters. The summed E-state index contributed by atoms with van der Waals surface area (Å²) in [5.41, 5.74) is 14.3. The van der Waals surface area contributed by atoms with E-state index in [9.17, 15) is 0 Å². The minimum Gasteiger partial charge on any atom is -0.399 e. The second-order valence-electron chi connectivity index (χ2n) is 3.35. The number of nitrogens with two attached hydrogens (primary N) is 2. The maximum absolute atomic E-state index is 5.90. The van der Waals surface area contributed by atoms with Crippen molar-refractivity contribution in [1.82, 2.24) is 0 Å². The highest BCUT2D eigenvalue weighted by molar-refractivity contribution is 5.97. The molecule has 1 aliphatic rings. The Morgan fingerprint density at radius 3 is 3.00 bits per heavy atom. The predicted molar refractivity (Wildman–Crippen MR) is 59.1 cm³/mol. The van der Waals surface area contributed by atoms with Crippen LogP contribution < -0.4 is 16.8 Å². The van der Waals surface area contributed by atoms with Crippen LogP contribution >= 0.6 is 0 Å². The number of nitrogens with zero attached hydrogens (tertiary/aromatic N) is 1. The van der Waals surface area contributed by atoms with Gasteiger partial charge in [-0.15, -0.1) is 0 Å². The van der Waals surface area contributed by atoms with E-state index in [-0.39, 0.29) is 6.17 Å². The first-order valence-electron chi connectivity index (χ1n) is 4.69. The van der Waals surface area contributed by atoms with Crippen LogP contribution in [-0.4, -0.2) is 5.84 Å². The molecule has 1 aromatic carbocycles. The van der Waals surface area contributed by atoms with Crippen LogP contribution in [-0.2, 0) is 0 Å². The van der Waals surface area contributed by atoms with Crippen molar-refractivity contribution in [2.24, 2.45) is 10.7 Å². The Bertz CT molecular complexity index is 384. The molecule has 0 spiro atoms. The molecule has 0 radical (unpaired) electrons. The second-order valence-corrected chi connectivity index (χ2v) is 3.35. The maximum Gasteiger partial charge on any atom is 0.127 e. The van der Waals surface area contributed by atoms with Crippen molar-refractivity contribution in [3.8, 4) is 0 Å².